The SMILES string of the molecule is COc1ccc(-n2cccn2)c(Cl)c1. The molecule has 1 heterocycles. The van der Waals surface area contributed by atoms with E-state index in [0.717, 1.165) is 11.4 Å². The van der Waals surface area contributed by atoms with E-state index in [1.165, 1.54) is 0 Å². The topological polar surface area (TPSA) is 27.1 Å². The molecule has 1 aromatic carbocycles. The van der Waals surface area contributed by atoms with Crippen molar-refractivity contribution in [3.05, 3.63) is 41.7 Å². The van der Waals surface area contributed by atoms with Gasteiger partial charge in [0.05, 0.1) is 17.8 Å². The van der Waals surface area contributed by atoms with Gasteiger partial charge in [0.25, 0.3) is 0 Å². The second-order valence-corrected chi connectivity index (χ2v) is 3.18. The molecule has 0 aliphatic carbocycles. The summed E-state index contributed by atoms with van der Waals surface area (Å²) in [6, 6.07) is 7.33. The average molecular weight is 209 g/mol. The molecule has 0 radical (unpaired) electrons. The maximum Gasteiger partial charge on any atom is 0.120 e. The summed E-state index contributed by atoms with van der Waals surface area (Å²) in [4.78, 5) is 0. The number of hydrogen-bond acceptors (Lipinski definition) is 2. The van der Waals surface area contributed by atoms with E-state index in [0.29, 0.717) is 5.02 Å². The molecule has 2 rings (SSSR count). The van der Waals surface area contributed by atoms with Crippen LogP contribution in [0.25, 0.3) is 5.69 Å². The molecular formula is C10H9ClN2O. The monoisotopic (exact) mass is 208 g/mol. The fraction of sp³-hybridized carbons (Fsp3) is 0.100. The Morgan fingerprint density at radius 2 is 2.29 bits per heavy atom. The van der Waals surface area contributed by atoms with Crippen LogP contribution in [0.5, 0.6) is 5.75 Å². The van der Waals surface area contributed by atoms with Gasteiger partial charge >= 0.3 is 0 Å². The van der Waals surface area contributed by atoms with Crippen LogP contribution in [0.2, 0.25) is 5.02 Å². The molecule has 0 saturated carbocycles. The summed E-state index contributed by atoms with van der Waals surface area (Å²) in [5, 5.41) is 4.71. The molecule has 0 N–H and O–H groups in total. The van der Waals surface area contributed by atoms with E-state index in [4.69, 9.17) is 16.3 Å². The van der Waals surface area contributed by atoms with Crippen LogP contribution >= 0.6 is 11.6 Å². The number of ether oxygens (including phenoxy) is 1. The predicted molar refractivity (Wildman–Crippen MR) is 55.1 cm³/mol. The van der Waals surface area contributed by atoms with Gasteiger partial charge in [-0.15, -0.1) is 0 Å². The molecule has 2 aromatic rings. The Kier molecular flexibility index (Phi) is 2.41. The highest BCUT2D eigenvalue weighted by Gasteiger charge is 2.03. The van der Waals surface area contributed by atoms with Crippen molar-refractivity contribution in [3.8, 4) is 11.4 Å². The maximum atomic E-state index is 6.06. The summed E-state index contributed by atoms with van der Waals surface area (Å²) in [5.41, 5.74) is 0.845. The number of aromatic nitrogens is 2. The van der Waals surface area contributed by atoms with E-state index in [9.17, 15) is 0 Å². The van der Waals surface area contributed by atoms with E-state index in [2.05, 4.69) is 5.10 Å². The number of nitrogens with zero attached hydrogens (tertiary/aromatic N) is 2. The lowest BCUT2D eigenvalue weighted by molar-refractivity contribution is 0.414. The molecular weight excluding hydrogens is 200 g/mol. The first-order valence-electron chi connectivity index (χ1n) is 4.15. The summed E-state index contributed by atoms with van der Waals surface area (Å²) >= 11 is 6.06. The van der Waals surface area contributed by atoms with Gasteiger partial charge in [0, 0.05) is 18.5 Å². The number of halogens is 1. The summed E-state index contributed by atoms with van der Waals surface area (Å²) in [5.74, 6) is 0.742. The Morgan fingerprint density at radius 1 is 1.43 bits per heavy atom. The molecule has 4 heteroatoms. The second-order valence-electron chi connectivity index (χ2n) is 2.77. The molecule has 0 saturated heterocycles. The lowest BCUT2D eigenvalue weighted by Gasteiger charge is -2.05. The Hall–Kier alpha value is -1.48. The minimum atomic E-state index is 0.619. The molecule has 0 amide bonds. The largest absolute Gasteiger partial charge is 0.497 e. The molecule has 0 unspecified atom stereocenters. The van der Waals surface area contributed by atoms with Crippen molar-refractivity contribution in [2.24, 2.45) is 0 Å². The molecule has 0 aliphatic heterocycles. The van der Waals surface area contributed by atoms with Gasteiger partial charge in [0.15, 0.2) is 0 Å². The molecule has 0 aliphatic rings. The Bertz CT molecular complexity index is 426. The molecule has 0 spiro atoms. The molecule has 72 valence electrons. The van der Waals surface area contributed by atoms with Crippen LogP contribution in [0.15, 0.2) is 36.7 Å². The number of hydrogen-bond donors (Lipinski definition) is 0. The zero-order valence-electron chi connectivity index (χ0n) is 7.64. The third-order valence-corrected chi connectivity index (χ3v) is 2.21. The molecule has 1 aromatic heterocycles. The van der Waals surface area contributed by atoms with Crippen molar-refractivity contribution in [3.63, 3.8) is 0 Å². The van der Waals surface area contributed by atoms with Crippen LogP contribution in [-0.2, 0) is 0 Å². The van der Waals surface area contributed by atoms with Gasteiger partial charge in [-0.25, -0.2) is 4.68 Å². The fourth-order valence-electron chi connectivity index (χ4n) is 1.21. The van der Waals surface area contributed by atoms with Gasteiger partial charge in [-0.05, 0) is 18.2 Å². The van der Waals surface area contributed by atoms with Crippen LogP contribution in [0, 0.1) is 0 Å². The van der Waals surface area contributed by atoms with E-state index in [1.807, 2.05) is 24.4 Å². The first-order chi connectivity index (χ1) is 6.81. The summed E-state index contributed by atoms with van der Waals surface area (Å²) in [6.07, 6.45) is 3.55. The van der Waals surface area contributed by atoms with Crippen LogP contribution in [0.3, 0.4) is 0 Å². The average Bonchev–Trinajstić information content (AvgIpc) is 2.70. The lowest BCUT2D eigenvalue weighted by Crippen LogP contribution is -1.95. The minimum Gasteiger partial charge on any atom is -0.497 e. The summed E-state index contributed by atoms with van der Waals surface area (Å²) in [6.45, 7) is 0. The van der Waals surface area contributed by atoms with E-state index in [1.54, 1.807) is 24.1 Å². The van der Waals surface area contributed by atoms with Crippen molar-refractivity contribution in [1.29, 1.82) is 0 Å². The second kappa shape index (κ2) is 3.72. The first kappa shape index (κ1) is 9.09. The van der Waals surface area contributed by atoms with E-state index < -0.39 is 0 Å². The van der Waals surface area contributed by atoms with Crippen molar-refractivity contribution >= 4 is 11.6 Å². The molecule has 3 nitrogen and oxygen atoms in total. The van der Waals surface area contributed by atoms with Crippen molar-refractivity contribution in [2.75, 3.05) is 7.11 Å². The quantitative estimate of drug-likeness (QED) is 0.759. The van der Waals surface area contributed by atoms with Crippen molar-refractivity contribution < 1.29 is 4.74 Å². The first-order valence-corrected chi connectivity index (χ1v) is 4.52. The number of benzene rings is 1. The molecule has 0 fully saturated rings. The fourth-order valence-corrected chi connectivity index (χ4v) is 1.47. The maximum absolute atomic E-state index is 6.06. The third kappa shape index (κ3) is 1.59. The zero-order chi connectivity index (χ0) is 9.97. The highest BCUT2D eigenvalue weighted by atomic mass is 35.5. The van der Waals surface area contributed by atoms with Crippen LogP contribution in [0.1, 0.15) is 0 Å². The van der Waals surface area contributed by atoms with Crippen LogP contribution in [0.4, 0.5) is 0 Å². The predicted octanol–water partition coefficient (Wildman–Crippen LogP) is 2.53. The van der Waals surface area contributed by atoms with Crippen molar-refractivity contribution in [2.45, 2.75) is 0 Å². The van der Waals surface area contributed by atoms with E-state index in [-0.39, 0.29) is 0 Å². The minimum absolute atomic E-state index is 0.619. The van der Waals surface area contributed by atoms with Gasteiger partial charge in [0.2, 0.25) is 0 Å². The third-order valence-electron chi connectivity index (χ3n) is 1.91. The summed E-state index contributed by atoms with van der Waals surface area (Å²) < 4.78 is 6.76. The zero-order valence-corrected chi connectivity index (χ0v) is 8.40. The summed E-state index contributed by atoms with van der Waals surface area (Å²) in [7, 11) is 1.61. The van der Waals surface area contributed by atoms with Gasteiger partial charge in [-0.2, -0.15) is 5.10 Å². The number of rotatable bonds is 2. The molecule has 14 heavy (non-hydrogen) atoms. The van der Waals surface area contributed by atoms with Crippen LogP contribution < -0.4 is 4.74 Å². The van der Waals surface area contributed by atoms with Gasteiger partial charge in [0.1, 0.15) is 5.75 Å². The number of methoxy groups -OCH3 is 1. The molecule has 0 bridgehead atoms. The van der Waals surface area contributed by atoms with Gasteiger partial charge in [-0.3, -0.25) is 0 Å². The highest BCUT2D eigenvalue weighted by molar-refractivity contribution is 6.32. The Morgan fingerprint density at radius 3 is 2.86 bits per heavy atom. The lowest BCUT2D eigenvalue weighted by atomic mass is 10.3. The van der Waals surface area contributed by atoms with Gasteiger partial charge < -0.3 is 4.74 Å². The van der Waals surface area contributed by atoms with Crippen LogP contribution in [-0.4, -0.2) is 16.9 Å². The normalized spacial score (nSPS) is 10.1. The Balaban J connectivity index is 2.46. The highest BCUT2D eigenvalue weighted by Crippen LogP contribution is 2.24. The standard InChI is InChI=1S/C10H9ClN2O/c1-14-8-3-4-10(9(11)7-8)13-6-2-5-12-13/h2-7H,1H3. The van der Waals surface area contributed by atoms with Crippen molar-refractivity contribution in [1.82, 2.24) is 9.78 Å². The Labute approximate surface area is 86.9 Å². The molecule has 0 atom stereocenters. The van der Waals surface area contributed by atoms with E-state index >= 15 is 0 Å². The smallest absolute Gasteiger partial charge is 0.120 e. The van der Waals surface area contributed by atoms with Gasteiger partial charge in [-0.1, -0.05) is 11.6 Å².